The van der Waals surface area contributed by atoms with Gasteiger partial charge in [0.2, 0.25) is 5.91 Å². The van der Waals surface area contributed by atoms with Gasteiger partial charge in [-0.2, -0.15) is 0 Å². The van der Waals surface area contributed by atoms with Gasteiger partial charge in [-0.25, -0.2) is 4.98 Å². The van der Waals surface area contributed by atoms with E-state index in [1.54, 1.807) is 18.2 Å². The van der Waals surface area contributed by atoms with Crippen LogP contribution in [0.1, 0.15) is 24.2 Å². The lowest BCUT2D eigenvalue weighted by atomic mass is 9.98. The van der Waals surface area contributed by atoms with Crippen LogP contribution in [0.15, 0.2) is 35.4 Å². The minimum atomic E-state index is -0.960. The molecule has 2 aromatic rings. The van der Waals surface area contributed by atoms with Gasteiger partial charge in [-0.3, -0.25) is 19.2 Å². The van der Waals surface area contributed by atoms with Gasteiger partial charge in [-0.1, -0.05) is 6.07 Å². The van der Waals surface area contributed by atoms with Crippen LogP contribution < -0.4 is 25.7 Å². The van der Waals surface area contributed by atoms with E-state index in [-0.39, 0.29) is 24.6 Å². The zero-order chi connectivity index (χ0) is 23.7. The highest BCUT2D eigenvalue weighted by atomic mass is 16.5. The minimum Gasteiger partial charge on any atom is -0.493 e. The van der Waals surface area contributed by atoms with Gasteiger partial charge < -0.3 is 34.9 Å². The van der Waals surface area contributed by atoms with Crippen molar-refractivity contribution in [3.63, 3.8) is 0 Å². The van der Waals surface area contributed by atoms with Gasteiger partial charge in [-0.05, 0) is 17.7 Å². The van der Waals surface area contributed by atoms with E-state index >= 15 is 0 Å². The van der Waals surface area contributed by atoms with E-state index in [0.717, 1.165) is 6.92 Å². The first kappa shape index (κ1) is 24.3. The molecule has 32 heavy (non-hydrogen) atoms. The maximum absolute atomic E-state index is 12.7. The maximum atomic E-state index is 12.7. The van der Waals surface area contributed by atoms with Crippen molar-refractivity contribution >= 4 is 17.8 Å². The Labute approximate surface area is 182 Å². The molecule has 1 aromatic heterocycles. The lowest BCUT2D eigenvalue weighted by Crippen LogP contribution is -2.52. The van der Waals surface area contributed by atoms with E-state index in [9.17, 15) is 14.4 Å². The number of hydrogen-bond donors (Lipinski definition) is 4. The van der Waals surface area contributed by atoms with E-state index < -0.39 is 24.0 Å². The van der Waals surface area contributed by atoms with E-state index in [2.05, 4.69) is 20.6 Å². The number of morpholine rings is 1. The molecule has 12 heteroatoms. The fourth-order valence-corrected chi connectivity index (χ4v) is 2.87. The van der Waals surface area contributed by atoms with E-state index in [4.69, 9.17) is 24.1 Å². The van der Waals surface area contributed by atoms with Crippen LogP contribution in [0.2, 0.25) is 0 Å². The van der Waals surface area contributed by atoms with Gasteiger partial charge in [0.25, 0.3) is 17.4 Å². The number of carbonyl (C=O) groups is 3. The van der Waals surface area contributed by atoms with Crippen LogP contribution in [0.4, 0.5) is 0 Å². The molecule has 172 valence electrons. The number of aromatic amines is 1. The normalized spacial score (nSPS) is 17.3. The first-order valence-electron chi connectivity index (χ1n) is 9.39. The number of nitrogens with zero attached hydrogens (tertiary/aromatic N) is 1. The molecule has 1 aliphatic rings. The molecule has 2 atom stereocenters. The quantitative estimate of drug-likeness (QED) is 0.465. The van der Waals surface area contributed by atoms with Gasteiger partial charge in [0, 0.05) is 13.0 Å². The second-order valence-electron chi connectivity index (χ2n) is 6.53. The average molecular weight is 448 g/mol. The maximum Gasteiger partial charge on any atom is 0.300 e. The SMILES string of the molecule is CC(=O)O.COc1ccc([C@H]2NC(=O)CO[C@@H]2C(=O)NCc2cc(=O)[nH]cn2)cc1OC. The summed E-state index contributed by atoms with van der Waals surface area (Å²) in [7, 11) is 3.01. The Morgan fingerprint density at radius 1 is 1.22 bits per heavy atom. The number of aliphatic carboxylic acids is 1. The van der Waals surface area contributed by atoms with Crippen LogP contribution >= 0.6 is 0 Å². The van der Waals surface area contributed by atoms with Crippen LogP contribution in [-0.2, 0) is 25.7 Å². The zero-order valence-electron chi connectivity index (χ0n) is 17.7. The average Bonchev–Trinajstić information content (AvgIpc) is 2.76. The van der Waals surface area contributed by atoms with Crippen molar-refractivity contribution in [2.45, 2.75) is 25.6 Å². The van der Waals surface area contributed by atoms with Crippen molar-refractivity contribution in [2.75, 3.05) is 20.8 Å². The summed E-state index contributed by atoms with van der Waals surface area (Å²) in [4.78, 5) is 51.2. The van der Waals surface area contributed by atoms with Crippen molar-refractivity contribution in [1.82, 2.24) is 20.6 Å². The Morgan fingerprint density at radius 2 is 1.91 bits per heavy atom. The molecular weight excluding hydrogens is 424 g/mol. The lowest BCUT2D eigenvalue weighted by Gasteiger charge is -2.32. The third-order valence-electron chi connectivity index (χ3n) is 4.22. The monoisotopic (exact) mass is 448 g/mol. The highest BCUT2D eigenvalue weighted by Gasteiger charge is 2.36. The number of ether oxygens (including phenoxy) is 3. The number of aromatic nitrogens is 2. The molecular formula is C20H24N4O8. The van der Waals surface area contributed by atoms with Gasteiger partial charge in [0.15, 0.2) is 17.6 Å². The van der Waals surface area contributed by atoms with Crippen LogP contribution in [-0.4, -0.2) is 59.8 Å². The Morgan fingerprint density at radius 3 is 2.53 bits per heavy atom. The van der Waals surface area contributed by atoms with Gasteiger partial charge in [0.05, 0.1) is 38.8 Å². The predicted molar refractivity (Wildman–Crippen MR) is 110 cm³/mol. The number of carboxylic acid groups (broad SMARTS) is 1. The molecule has 2 heterocycles. The molecule has 1 fully saturated rings. The smallest absolute Gasteiger partial charge is 0.300 e. The van der Waals surface area contributed by atoms with Crippen molar-refractivity contribution in [1.29, 1.82) is 0 Å². The molecule has 0 spiro atoms. The summed E-state index contributed by atoms with van der Waals surface area (Å²) in [5.41, 5.74) is 0.711. The number of amides is 2. The molecule has 2 amide bonds. The highest BCUT2D eigenvalue weighted by molar-refractivity contribution is 5.86. The number of carboxylic acids is 1. The molecule has 0 radical (unpaired) electrons. The van der Waals surface area contributed by atoms with Gasteiger partial charge in [0.1, 0.15) is 6.61 Å². The molecule has 3 rings (SSSR count). The first-order valence-corrected chi connectivity index (χ1v) is 9.39. The van der Waals surface area contributed by atoms with Gasteiger partial charge in [-0.15, -0.1) is 0 Å². The third kappa shape index (κ3) is 6.80. The van der Waals surface area contributed by atoms with E-state index in [0.29, 0.717) is 22.8 Å². The summed E-state index contributed by atoms with van der Waals surface area (Å²) in [5.74, 6) is -0.621. The molecule has 1 saturated heterocycles. The Hall–Kier alpha value is -3.93. The molecule has 0 unspecified atom stereocenters. The first-order chi connectivity index (χ1) is 15.2. The molecule has 4 N–H and O–H groups in total. The van der Waals surface area contributed by atoms with Crippen LogP contribution in [0, 0.1) is 0 Å². The largest absolute Gasteiger partial charge is 0.493 e. The second kappa shape index (κ2) is 11.5. The zero-order valence-corrected chi connectivity index (χ0v) is 17.7. The van der Waals surface area contributed by atoms with Crippen molar-refractivity contribution < 1.29 is 33.7 Å². The summed E-state index contributed by atoms with van der Waals surface area (Å²) in [6.45, 7) is 0.903. The fraction of sp³-hybridized carbons (Fsp3) is 0.350. The van der Waals surface area contributed by atoms with Crippen molar-refractivity contribution in [3.05, 3.63) is 52.2 Å². The number of benzene rings is 1. The van der Waals surface area contributed by atoms with Crippen molar-refractivity contribution in [3.8, 4) is 11.5 Å². The third-order valence-corrected chi connectivity index (χ3v) is 4.22. The van der Waals surface area contributed by atoms with Crippen molar-refractivity contribution in [2.24, 2.45) is 0 Å². The molecule has 1 aromatic carbocycles. The Bertz CT molecular complexity index is 1020. The summed E-state index contributed by atoms with van der Waals surface area (Å²) >= 11 is 0. The number of H-pyrrole nitrogens is 1. The summed E-state index contributed by atoms with van der Waals surface area (Å²) < 4.78 is 16.0. The minimum absolute atomic E-state index is 0.0508. The molecule has 0 aliphatic carbocycles. The highest BCUT2D eigenvalue weighted by Crippen LogP contribution is 2.32. The number of carbonyl (C=O) groups excluding carboxylic acids is 2. The van der Waals surface area contributed by atoms with Crippen LogP contribution in [0.25, 0.3) is 0 Å². The molecule has 12 nitrogen and oxygen atoms in total. The summed E-state index contributed by atoms with van der Waals surface area (Å²) in [6.07, 6.45) is 0.297. The molecule has 0 saturated carbocycles. The molecule has 1 aliphatic heterocycles. The Kier molecular flexibility index (Phi) is 8.72. The standard InChI is InChI=1S/C18H20N4O6.C2H4O2/c1-26-12-4-3-10(5-13(12)27-2)16-17(28-8-15(24)22-16)18(25)19-7-11-6-14(23)21-9-20-11;1-2(3)4/h3-6,9,16-17H,7-8H2,1-2H3,(H,19,25)(H,22,24)(H,20,21,23);1H3,(H,3,4)/t16-,17+;/m1./s1. The summed E-state index contributed by atoms with van der Waals surface area (Å²) in [6, 6.07) is 5.66. The predicted octanol–water partition coefficient (Wildman–Crippen LogP) is -0.249. The molecule has 0 bridgehead atoms. The second-order valence-corrected chi connectivity index (χ2v) is 6.53. The van der Waals surface area contributed by atoms with Gasteiger partial charge >= 0.3 is 0 Å². The fourth-order valence-electron chi connectivity index (χ4n) is 2.87. The number of nitrogens with one attached hydrogen (secondary N) is 3. The van der Waals surface area contributed by atoms with E-state index in [1.807, 2.05) is 0 Å². The van der Waals surface area contributed by atoms with Crippen LogP contribution in [0.5, 0.6) is 11.5 Å². The Balaban J connectivity index is 0.000000837. The number of rotatable bonds is 6. The van der Waals surface area contributed by atoms with Crippen LogP contribution in [0.3, 0.4) is 0 Å². The van der Waals surface area contributed by atoms with E-state index in [1.165, 1.54) is 26.6 Å². The summed E-state index contributed by atoms with van der Waals surface area (Å²) in [5, 5.41) is 12.9. The topological polar surface area (TPSA) is 169 Å². The number of methoxy groups -OCH3 is 2. The lowest BCUT2D eigenvalue weighted by molar-refractivity contribution is -0.148. The number of hydrogen-bond acceptors (Lipinski definition) is 8.